The third-order valence-corrected chi connectivity index (χ3v) is 4.16. The van der Waals surface area contributed by atoms with Crippen LogP contribution in [0.3, 0.4) is 0 Å². The predicted octanol–water partition coefficient (Wildman–Crippen LogP) is 3.40. The van der Waals surface area contributed by atoms with Gasteiger partial charge in [-0.25, -0.2) is 0 Å². The molecule has 2 unspecified atom stereocenters. The number of likely N-dealkylation sites (tertiary alicyclic amines) is 1. The number of nitrogens with zero attached hydrogens (tertiary/aromatic N) is 1. The van der Waals surface area contributed by atoms with E-state index in [4.69, 9.17) is 5.73 Å². The van der Waals surface area contributed by atoms with Crippen molar-refractivity contribution in [3.8, 4) is 0 Å². The number of hydrogen-bond acceptors (Lipinski definition) is 2. The molecule has 0 spiro atoms. The van der Waals surface area contributed by atoms with Crippen molar-refractivity contribution < 1.29 is 0 Å². The van der Waals surface area contributed by atoms with Crippen LogP contribution in [0.2, 0.25) is 0 Å². The Morgan fingerprint density at radius 2 is 1.89 bits per heavy atom. The number of halogens is 1. The van der Waals surface area contributed by atoms with E-state index in [9.17, 15) is 0 Å². The van der Waals surface area contributed by atoms with Gasteiger partial charge in [-0.15, -0.1) is 12.4 Å². The summed E-state index contributed by atoms with van der Waals surface area (Å²) in [7, 11) is 0. The molecule has 108 valence electrons. The average Bonchev–Trinajstić information content (AvgIpc) is 2.71. The molecule has 0 aromatic heterocycles. The first kappa shape index (κ1) is 16.5. The molecule has 1 aliphatic heterocycles. The Bertz CT molecular complexity index is 375. The quantitative estimate of drug-likeness (QED) is 0.917. The van der Waals surface area contributed by atoms with Crippen molar-refractivity contribution in [2.24, 2.45) is 11.7 Å². The number of nitrogens with two attached hydrogens (primary N) is 1. The lowest BCUT2D eigenvalue weighted by molar-refractivity contribution is 0.256. The maximum absolute atomic E-state index is 5.78. The second kappa shape index (κ2) is 7.28. The van der Waals surface area contributed by atoms with E-state index in [1.165, 1.54) is 17.5 Å². The molecule has 3 heteroatoms. The van der Waals surface area contributed by atoms with Crippen molar-refractivity contribution in [1.82, 2.24) is 4.90 Å². The number of hydrogen-bond donors (Lipinski definition) is 1. The van der Waals surface area contributed by atoms with Crippen molar-refractivity contribution in [2.75, 3.05) is 13.1 Å². The first-order chi connectivity index (χ1) is 8.60. The molecule has 1 aromatic carbocycles. The second-order valence-corrected chi connectivity index (χ2v) is 6.01. The molecule has 1 aromatic rings. The molecule has 2 nitrogen and oxygen atoms in total. The Labute approximate surface area is 123 Å². The normalized spacial score (nSPS) is 23.6. The fourth-order valence-corrected chi connectivity index (χ4v) is 2.85. The van der Waals surface area contributed by atoms with Crippen molar-refractivity contribution in [1.29, 1.82) is 0 Å². The topological polar surface area (TPSA) is 29.3 Å². The van der Waals surface area contributed by atoms with Gasteiger partial charge in [0.1, 0.15) is 0 Å². The molecule has 2 atom stereocenters. The third kappa shape index (κ3) is 4.20. The number of benzene rings is 1. The van der Waals surface area contributed by atoms with Gasteiger partial charge in [-0.2, -0.15) is 0 Å². The van der Waals surface area contributed by atoms with E-state index in [0.717, 1.165) is 19.6 Å². The van der Waals surface area contributed by atoms with Gasteiger partial charge in [0.2, 0.25) is 0 Å². The predicted molar refractivity (Wildman–Crippen MR) is 84.8 cm³/mol. The van der Waals surface area contributed by atoms with Crippen LogP contribution in [0, 0.1) is 5.92 Å². The SMILES string of the molecule is CC(C)c1ccc(CN2CC(CN)CC2C)cc1.Cl. The van der Waals surface area contributed by atoms with E-state index >= 15 is 0 Å². The van der Waals surface area contributed by atoms with Crippen LogP contribution in [-0.4, -0.2) is 24.0 Å². The summed E-state index contributed by atoms with van der Waals surface area (Å²) in [6.07, 6.45) is 1.25. The van der Waals surface area contributed by atoms with Gasteiger partial charge in [-0.05, 0) is 42.9 Å². The largest absolute Gasteiger partial charge is 0.330 e. The molecule has 2 N–H and O–H groups in total. The fourth-order valence-electron chi connectivity index (χ4n) is 2.85. The fraction of sp³-hybridized carbons (Fsp3) is 0.625. The Morgan fingerprint density at radius 1 is 1.26 bits per heavy atom. The lowest BCUT2D eigenvalue weighted by Crippen LogP contribution is -2.27. The average molecular weight is 283 g/mol. The molecule has 19 heavy (non-hydrogen) atoms. The Hall–Kier alpha value is -0.570. The highest BCUT2D eigenvalue weighted by Crippen LogP contribution is 2.24. The van der Waals surface area contributed by atoms with Gasteiger partial charge in [-0.1, -0.05) is 38.1 Å². The van der Waals surface area contributed by atoms with E-state index in [1.54, 1.807) is 0 Å². The van der Waals surface area contributed by atoms with Crippen LogP contribution in [0.15, 0.2) is 24.3 Å². The molecule has 1 saturated heterocycles. The second-order valence-electron chi connectivity index (χ2n) is 6.01. The molecule has 2 rings (SSSR count). The Kier molecular flexibility index (Phi) is 6.31. The van der Waals surface area contributed by atoms with E-state index in [1.807, 2.05) is 0 Å². The summed E-state index contributed by atoms with van der Waals surface area (Å²) < 4.78 is 0. The summed E-state index contributed by atoms with van der Waals surface area (Å²) in [5.41, 5.74) is 8.62. The molecule has 1 aliphatic rings. The third-order valence-electron chi connectivity index (χ3n) is 4.16. The zero-order chi connectivity index (χ0) is 13.1. The summed E-state index contributed by atoms with van der Waals surface area (Å²) in [4.78, 5) is 2.56. The minimum atomic E-state index is 0. The molecule has 0 radical (unpaired) electrons. The van der Waals surface area contributed by atoms with Gasteiger partial charge < -0.3 is 5.73 Å². The summed E-state index contributed by atoms with van der Waals surface area (Å²) in [5, 5.41) is 0. The van der Waals surface area contributed by atoms with E-state index < -0.39 is 0 Å². The van der Waals surface area contributed by atoms with E-state index in [-0.39, 0.29) is 12.4 Å². The van der Waals surface area contributed by atoms with Gasteiger partial charge in [0.15, 0.2) is 0 Å². The molecule has 1 heterocycles. The van der Waals surface area contributed by atoms with E-state index in [2.05, 4.69) is 49.9 Å². The Balaban J connectivity index is 0.00000180. The van der Waals surface area contributed by atoms with Crippen molar-refractivity contribution in [2.45, 2.75) is 45.7 Å². The summed E-state index contributed by atoms with van der Waals surface area (Å²) in [6, 6.07) is 9.75. The monoisotopic (exact) mass is 282 g/mol. The molecule has 0 amide bonds. The zero-order valence-corrected chi connectivity index (χ0v) is 13.1. The molecule has 1 fully saturated rings. The summed E-state index contributed by atoms with van der Waals surface area (Å²) in [6.45, 7) is 9.84. The van der Waals surface area contributed by atoms with Gasteiger partial charge in [-0.3, -0.25) is 4.90 Å². The van der Waals surface area contributed by atoms with Gasteiger partial charge in [0.25, 0.3) is 0 Å². The standard InChI is InChI=1S/C16H26N2.ClH/c1-12(2)16-6-4-14(5-7-16)10-18-11-15(9-17)8-13(18)3;/h4-7,12-13,15H,8-11,17H2,1-3H3;1H. The van der Waals surface area contributed by atoms with Crippen molar-refractivity contribution in [3.05, 3.63) is 35.4 Å². The van der Waals surface area contributed by atoms with Crippen LogP contribution in [0.25, 0.3) is 0 Å². The van der Waals surface area contributed by atoms with E-state index in [0.29, 0.717) is 17.9 Å². The highest BCUT2D eigenvalue weighted by Gasteiger charge is 2.27. The first-order valence-electron chi connectivity index (χ1n) is 7.13. The first-order valence-corrected chi connectivity index (χ1v) is 7.13. The van der Waals surface area contributed by atoms with Crippen LogP contribution in [0.4, 0.5) is 0 Å². The van der Waals surface area contributed by atoms with Crippen LogP contribution < -0.4 is 5.73 Å². The van der Waals surface area contributed by atoms with Crippen LogP contribution in [0.1, 0.15) is 44.2 Å². The summed E-state index contributed by atoms with van der Waals surface area (Å²) >= 11 is 0. The van der Waals surface area contributed by atoms with Crippen molar-refractivity contribution in [3.63, 3.8) is 0 Å². The highest BCUT2D eigenvalue weighted by molar-refractivity contribution is 5.85. The minimum absolute atomic E-state index is 0. The van der Waals surface area contributed by atoms with Gasteiger partial charge >= 0.3 is 0 Å². The molecular formula is C16H27ClN2. The van der Waals surface area contributed by atoms with Gasteiger partial charge in [0, 0.05) is 19.1 Å². The highest BCUT2D eigenvalue weighted by atomic mass is 35.5. The molecule has 0 aliphatic carbocycles. The van der Waals surface area contributed by atoms with Crippen molar-refractivity contribution >= 4 is 12.4 Å². The lowest BCUT2D eigenvalue weighted by Gasteiger charge is -2.21. The number of rotatable bonds is 4. The van der Waals surface area contributed by atoms with Crippen LogP contribution >= 0.6 is 12.4 Å². The maximum Gasteiger partial charge on any atom is 0.0236 e. The zero-order valence-electron chi connectivity index (χ0n) is 12.3. The maximum atomic E-state index is 5.78. The van der Waals surface area contributed by atoms with Gasteiger partial charge in [0.05, 0.1) is 0 Å². The smallest absolute Gasteiger partial charge is 0.0236 e. The molecule has 0 saturated carbocycles. The van der Waals surface area contributed by atoms with Crippen LogP contribution in [-0.2, 0) is 6.54 Å². The lowest BCUT2D eigenvalue weighted by atomic mass is 10.0. The molecule has 0 bridgehead atoms. The summed E-state index contributed by atoms with van der Waals surface area (Å²) in [5.74, 6) is 1.31. The van der Waals surface area contributed by atoms with Crippen LogP contribution in [0.5, 0.6) is 0 Å². The Morgan fingerprint density at radius 3 is 2.37 bits per heavy atom. The molecular weight excluding hydrogens is 256 g/mol. The minimum Gasteiger partial charge on any atom is -0.330 e.